The lowest BCUT2D eigenvalue weighted by atomic mass is 10.0. The maximum absolute atomic E-state index is 13.1. The molecule has 0 radical (unpaired) electrons. The number of carbonyl (C=O) groups excluding carboxylic acids is 2. The van der Waals surface area contributed by atoms with Crippen LogP contribution in [0.15, 0.2) is 66.3 Å². The first-order chi connectivity index (χ1) is 16.1. The molecule has 0 aliphatic carbocycles. The Kier molecular flexibility index (Phi) is 5.61. The molecule has 0 unspecified atom stereocenters. The lowest BCUT2D eigenvalue weighted by Gasteiger charge is -2.48. The van der Waals surface area contributed by atoms with Crippen LogP contribution >= 0.6 is 11.8 Å². The van der Waals surface area contributed by atoms with Crippen LogP contribution in [0.2, 0.25) is 0 Å². The van der Waals surface area contributed by atoms with Crippen molar-refractivity contribution in [1.82, 2.24) is 19.3 Å². The first-order valence-corrected chi connectivity index (χ1v) is 11.3. The van der Waals surface area contributed by atoms with Gasteiger partial charge in [-0.15, -0.1) is 11.8 Å². The summed E-state index contributed by atoms with van der Waals surface area (Å²) in [6.45, 7) is 0.0775. The van der Waals surface area contributed by atoms with Crippen molar-refractivity contribution < 1.29 is 19.1 Å². The van der Waals surface area contributed by atoms with E-state index in [9.17, 15) is 9.59 Å². The number of esters is 1. The average Bonchev–Trinajstić information content (AvgIpc) is 3.28. The number of benzene rings is 1. The van der Waals surface area contributed by atoms with Gasteiger partial charge in [-0.2, -0.15) is 0 Å². The summed E-state index contributed by atoms with van der Waals surface area (Å²) < 4.78 is 12.6. The van der Waals surface area contributed by atoms with E-state index in [0.29, 0.717) is 17.1 Å². The molecule has 3 aromatic rings. The predicted molar refractivity (Wildman–Crippen MR) is 123 cm³/mol. The van der Waals surface area contributed by atoms with Crippen LogP contribution in [-0.4, -0.2) is 55.4 Å². The molecule has 2 N–H and O–H groups in total. The summed E-state index contributed by atoms with van der Waals surface area (Å²) in [5, 5.41) is -0.266. The maximum atomic E-state index is 13.1. The molecule has 2 aliphatic rings. The standard InChI is InChI=1S/C23H21N5O4S/c1-31-17-7-3-14(4-8-17)12-32-22(30)19-15(13-33-21-18(24)20(29)28(19)21)5-6-16-11-26-23-25-9-2-10-27(16)23/h2-11,18,21H,12-13,24H2,1H3/b6-5+/t18-,21-/m1/s1. The molecular weight excluding hydrogens is 442 g/mol. The van der Waals surface area contributed by atoms with Crippen LogP contribution < -0.4 is 10.5 Å². The van der Waals surface area contributed by atoms with Gasteiger partial charge in [-0.3, -0.25) is 14.1 Å². The molecule has 1 aromatic carbocycles. The summed E-state index contributed by atoms with van der Waals surface area (Å²) >= 11 is 1.53. The fourth-order valence-electron chi connectivity index (χ4n) is 3.75. The number of amides is 1. The Morgan fingerprint density at radius 3 is 2.88 bits per heavy atom. The van der Waals surface area contributed by atoms with Crippen LogP contribution in [-0.2, 0) is 20.9 Å². The third-order valence-corrected chi connectivity index (χ3v) is 6.86. The Labute approximate surface area is 193 Å². The second kappa shape index (κ2) is 8.72. The van der Waals surface area contributed by atoms with Crippen molar-refractivity contribution in [2.75, 3.05) is 12.9 Å². The summed E-state index contributed by atoms with van der Waals surface area (Å²) in [5.41, 5.74) is 8.50. The van der Waals surface area contributed by atoms with Gasteiger partial charge in [0.25, 0.3) is 0 Å². The summed E-state index contributed by atoms with van der Waals surface area (Å²) in [7, 11) is 1.59. The van der Waals surface area contributed by atoms with Gasteiger partial charge in [0.05, 0.1) is 19.0 Å². The summed E-state index contributed by atoms with van der Waals surface area (Å²) in [6, 6.07) is 8.44. The number of nitrogens with zero attached hydrogens (tertiary/aromatic N) is 4. The van der Waals surface area contributed by atoms with Crippen LogP contribution in [0.4, 0.5) is 0 Å². The summed E-state index contributed by atoms with van der Waals surface area (Å²) in [4.78, 5) is 35.5. The van der Waals surface area contributed by atoms with E-state index in [-0.39, 0.29) is 23.6 Å². The molecule has 2 atom stereocenters. The number of hydrogen-bond donors (Lipinski definition) is 1. The van der Waals surface area contributed by atoms with Crippen molar-refractivity contribution in [2.24, 2.45) is 5.73 Å². The highest BCUT2D eigenvalue weighted by Gasteiger charge is 2.51. The summed E-state index contributed by atoms with van der Waals surface area (Å²) in [5.74, 6) is 0.979. The number of nitrogens with two attached hydrogens (primary N) is 1. The summed E-state index contributed by atoms with van der Waals surface area (Å²) in [6.07, 6.45) is 8.90. The first-order valence-electron chi connectivity index (χ1n) is 10.3. The van der Waals surface area contributed by atoms with Gasteiger partial charge >= 0.3 is 5.97 Å². The third-order valence-electron chi connectivity index (χ3n) is 5.53. The minimum atomic E-state index is -0.616. The largest absolute Gasteiger partial charge is 0.497 e. The molecule has 0 saturated carbocycles. The molecule has 168 valence electrons. The molecule has 5 rings (SSSR count). The van der Waals surface area contributed by atoms with E-state index in [0.717, 1.165) is 17.0 Å². The predicted octanol–water partition coefficient (Wildman–Crippen LogP) is 1.99. The van der Waals surface area contributed by atoms with E-state index in [1.165, 1.54) is 16.7 Å². The van der Waals surface area contributed by atoms with Crippen molar-refractivity contribution >= 4 is 35.5 Å². The molecule has 4 heterocycles. The van der Waals surface area contributed by atoms with Crippen LogP contribution in [0.3, 0.4) is 0 Å². The van der Waals surface area contributed by atoms with Crippen LogP contribution in [0.25, 0.3) is 11.9 Å². The Balaban J connectivity index is 1.42. The number of ether oxygens (including phenoxy) is 2. The quantitative estimate of drug-likeness (QED) is 0.436. The molecule has 1 fully saturated rings. The van der Waals surface area contributed by atoms with Crippen LogP contribution in [0, 0.1) is 0 Å². The van der Waals surface area contributed by atoms with E-state index < -0.39 is 12.0 Å². The third kappa shape index (κ3) is 3.87. The highest BCUT2D eigenvalue weighted by Crippen LogP contribution is 2.40. The topological polar surface area (TPSA) is 112 Å². The number of methoxy groups -OCH3 is 1. The van der Waals surface area contributed by atoms with Crippen molar-refractivity contribution in [1.29, 1.82) is 0 Å². The lowest BCUT2D eigenvalue weighted by Crippen LogP contribution is -2.68. The van der Waals surface area contributed by atoms with Gasteiger partial charge in [0.1, 0.15) is 29.5 Å². The van der Waals surface area contributed by atoms with E-state index >= 15 is 0 Å². The van der Waals surface area contributed by atoms with Gasteiger partial charge in [-0.05, 0) is 35.4 Å². The first kappa shape index (κ1) is 21.2. The molecule has 0 spiro atoms. The molecule has 10 heteroatoms. The molecule has 9 nitrogen and oxygen atoms in total. The Hall–Kier alpha value is -3.63. The molecule has 2 aliphatic heterocycles. The zero-order valence-electron chi connectivity index (χ0n) is 17.7. The number of hydrogen-bond acceptors (Lipinski definition) is 8. The number of aromatic nitrogens is 3. The van der Waals surface area contributed by atoms with Gasteiger partial charge in [-0.25, -0.2) is 14.8 Å². The number of fused-ring (bicyclic) bond motifs is 2. The SMILES string of the molecule is COc1ccc(COC(=O)C2=C(/C=C/c3cnc4ncccn34)CS[C@@H]3[C@H](N)C(=O)N23)cc1. The minimum Gasteiger partial charge on any atom is -0.497 e. The number of imidazole rings is 1. The normalized spacial score (nSPS) is 20.2. The fourth-order valence-corrected chi connectivity index (χ4v) is 5.02. The Morgan fingerprint density at radius 1 is 1.27 bits per heavy atom. The fraction of sp³-hybridized carbons (Fsp3) is 0.217. The Bertz CT molecular complexity index is 1280. The number of rotatable bonds is 6. The monoisotopic (exact) mass is 463 g/mol. The van der Waals surface area contributed by atoms with Gasteiger partial charge < -0.3 is 15.2 Å². The molecule has 0 bridgehead atoms. The van der Waals surface area contributed by atoms with E-state index in [1.807, 2.05) is 40.9 Å². The molecule has 1 amide bonds. The second-order valence-corrected chi connectivity index (χ2v) is 8.64. The number of β-lactam (4-membered cyclic amide) rings is 1. The van der Waals surface area contributed by atoms with Crippen molar-refractivity contribution in [3.05, 3.63) is 77.5 Å². The zero-order valence-corrected chi connectivity index (χ0v) is 18.6. The van der Waals surface area contributed by atoms with E-state index in [2.05, 4.69) is 9.97 Å². The smallest absolute Gasteiger partial charge is 0.355 e. The van der Waals surface area contributed by atoms with Crippen LogP contribution in [0.5, 0.6) is 5.75 Å². The molecule has 33 heavy (non-hydrogen) atoms. The second-order valence-electron chi connectivity index (χ2n) is 7.54. The number of thioether (sulfide) groups is 1. The van der Waals surface area contributed by atoms with Gasteiger partial charge in [-0.1, -0.05) is 18.2 Å². The molecule has 1 saturated heterocycles. The molecular formula is C23H21N5O4S. The van der Waals surface area contributed by atoms with Crippen molar-refractivity contribution in [3.63, 3.8) is 0 Å². The van der Waals surface area contributed by atoms with E-state index in [4.69, 9.17) is 15.2 Å². The highest BCUT2D eigenvalue weighted by molar-refractivity contribution is 8.00. The maximum Gasteiger partial charge on any atom is 0.355 e. The van der Waals surface area contributed by atoms with Crippen molar-refractivity contribution in [3.8, 4) is 5.75 Å². The zero-order chi connectivity index (χ0) is 22.9. The van der Waals surface area contributed by atoms with E-state index in [1.54, 1.807) is 31.6 Å². The van der Waals surface area contributed by atoms with Gasteiger partial charge in [0, 0.05) is 18.1 Å². The minimum absolute atomic E-state index is 0.0775. The average molecular weight is 464 g/mol. The molecule has 2 aromatic heterocycles. The number of allylic oxidation sites excluding steroid dienone is 1. The van der Waals surface area contributed by atoms with Crippen molar-refractivity contribution in [2.45, 2.75) is 18.0 Å². The lowest BCUT2D eigenvalue weighted by molar-refractivity contribution is -0.151. The van der Waals surface area contributed by atoms with Gasteiger partial charge in [0.15, 0.2) is 0 Å². The number of carbonyl (C=O) groups is 2. The highest BCUT2D eigenvalue weighted by atomic mass is 32.2. The van der Waals surface area contributed by atoms with Gasteiger partial charge in [0.2, 0.25) is 11.7 Å². The van der Waals surface area contributed by atoms with Crippen LogP contribution in [0.1, 0.15) is 11.3 Å². The Morgan fingerprint density at radius 2 is 2.09 bits per heavy atom.